The Bertz CT molecular complexity index is 909. The first kappa shape index (κ1) is 21.6. The van der Waals surface area contributed by atoms with Crippen molar-refractivity contribution in [3.8, 4) is 11.1 Å². The van der Waals surface area contributed by atoms with Gasteiger partial charge in [-0.2, -0.15) is 0 Å². The van der Waals surface area contributed by atoms with Crippen LogP contribution in [0.3, 0.4) is 0 Å². The standard InChI is InChI=1S/C20H20N2O7/c1-29-11-17(23)22-16(10-18(24)25)19(26)21-13-8-6-12(7-9-13)14-4-2-3-5-15(14)20(27)28/h2-9,16H,10-11H2,1H3,(H,21,26)(H,22,23)(H,24,25)(H,27,28)/t16-/m0/s1. The van der Waals surface area contributed by atoms with Crippen molar-refractivity contribution in [2.75, 3.05) is 19.0 Å². The molecule has 0 bridgehead atoms. The molecule has 0 spiro atoms. The molecule has 1 atom stereocenters. The molecule has 0 fully saturated rings. The lowest BCUT2D eigenvalue weighted by atomic mass is 9.99. The molecule has 2 amide bonds. The molecular formula is C20H20N2O7. The van der Waals surface area contributed by atoms with Gasteiger partial charge in [-0.15, -0.1) is 0 Å². The molecular weight excluding hydrogens is 380 g/mol. The number of carboxylic acids is 2. The maximum absolute atomic E-state index is 12.4. The fourth-order valence-corrected chi connectivity index (χ4v) is 2.63. The number of anilines is 1. The Balaban J connectivity index is 2.15. The van der Waals surface area contributed by atoms with Crippen LogP contribution in [0.25, 0.3) is 11.1 Å². The number of hydrogen-bond acceptors (Lipinski definition) is 5. The monoisotopic (exact) mass is 400 g/mol. The Labute approximate surface area is 166 Å². The molecule has 29 heavy (non-hydrogen) atoms. The van der Waals surface area contributed by atoms with Gasteiger partial charge in [0.15, 0.2) is 0 Å². The average Bonchev–Trinajstić information content (AvgIpc) is 2.68. The molecule has 0 aliphatic carbocycles. The maximum atomic E-state index is 12.4. The third-order valence-electron chi connectivity index (χ3n) is 3.93. The van der Waals surface area contributed by atoms with E-state index in [1.807, 2.05) is 0 Å². The zero-order chi connectivity index (χ0) is 21.4. The van der Waals surface area contributed by atoms with Gasteiger partial charge in [0.25, 0.3) is 0 Å². The van der Waals surface area contributed by atoms with E-state index in [2.05, 4.69) is 15.4 Å². The molecule has 2 rings (SSSR count). The lowest BCUT2D eigenvalue weighted by molar-refractivity contribution is -0.140. The van der Waals surface area contributed by atoms with Gasteiger partial charge in [0.1, 0.15) is 12.6 Å². The number of ether oxygens (including phenoxy) is 1. The van der Waals surface area contributed by atoms with E-state index in [4.69, 9.17) is 5.11 Å². The lowest BCUT2D eigenvalue weighted by Gasteiger charge is -2.17. The van der Waals surface area contributed by atoms with Crippen molar-refractivity contribution in [3.63, 3.8) is 0 Å². The Morgan fingerprint density at radius 1 is 1.00 bits per heavy atom. The summed E-state index contributed by atoms with van der Waals surface area (Å²) in [4.78, 5) is 46.3. The highest BCUT2D eigenvalue weighted by atomic mass is 16.5. The second-order valence-electron chi connectivity index (χ2n) is 6.07. The van der Waals surface area contributed by atoms with E-state index >= 15 is 0 Å². The molecule has 0 aromatic heterocycles. The van der Waals surface area contributed by atoms with Gasteiger partial charge in [0.2, 0.25) is 11.8 Å². The number of amides is 2. The molecule has 2 aromatic carbocycles. The van der Waals surface area contributed by atoms with Crippen LogP contribution in [0.4, 0.5) is 5.69 Å². The first-order chi connectivity index (χ1) is 13.8. The van der Waals surface area contributed by atoms with Crippen LogP contribution < -0.4 is 10.6 Å². The van der Waals surface area contributed by atoms with Crippen LogP contribution in [0, 0.1) is 0 Å². The van der Waals surface area contributed by atoms with E-state index in [0.29, 0.717) is 16.8 Å². The zero-order valence-corrected chi connectivity index (χ0v) is 15.5. The molecule has 0 saturated carbocycles. The minimum Gasteiger partial charge on any atom is -0.481 e. The fraction of sp³-hybridized carbons (Fsp3) is 0.200. The Hall–Kier alpha value is -3.72. The molecule has 0 aliphatic heterocycles. The average molecular weight is 400 g/mol. The number of aromatic carboxylic acids is 1. The van der Waals surface area contributed by atoms with E-state index in [-0.39, 0.29) is 12.2 Å². The lowest BCUT2D eigenvalue weighted by Crippen LogP contribution is -2.46. The van der Waals surface area contributed by atoms with Crippen molar-refractivity contribution in [1.29, 1.82) is 0 Å². The fourth-order valence-electron chi connectivity index (χ4n) is 2.63. The highest BCUT2D eigenvalue weighted by Crippen LogP contribution is 2.25. The van der Waals surface area contributed by atoms with Gasteiger partial charge in [0, 0.05) is 12.8 Å². The quantitative estimate of drug-likeness (QED) is 0.501. The molecule has 2 aromatic rings. The van der Waals surface area contributed by atoms with Crippen molar-refractivity contribution >= 4 is 29.4 Å². The van der Waals surface area contributed by atoms with Crippen LogP contribution in [-0.2, 0) is 19.1 Å². The Kier molecular flexibility index (Phi) is 7.44. The molecule has 0 aliphatic rings. The molecule has 0 saturated heterocycles. The minimum atomic E-state index is -1.28. The van der Waals surface area contributed by atoms with Crippen LogP contribution in [0.2, 0.25) is 0 Å². The summed E-state index contributed by atoms with van der Waals surface area (Å²) in [5.41, 5.74) is 1.67. The van der Waals surface area contributed by atoms with Gasteiger partial charge < -0.3 is 25.6 Å². The second-order valence-corrected chi connectivity index (χ2v) is 6.07. The Morgan fingerprint density at radius 2 is 1.66 bits per heavy atom. The van der Waals surface area contributed by atoms with E-state index in [1.165, 1.54) is 13.2 Å². The van der Waals surface area contributed by atoms with Gasteiger partial charge in [-0.25, -0.2) is 4.79 Å². The Morgan fingerprint density at radius 3 is 2.24 bits per heavy atom. The normalized spacial score (nSPS) is 11.3. The van der Waals surface area contributed by atoms with Crippen molar-refractivity contribution in [1.82, 2.24) is 5.32 Å². The number of benzene rings is 2. The summed E-state index contributed by atoms with van der Waals surface area (Å²) in [6, 6.07) is 11.6. The molecule has 4 N–H and O–H groups in total. The van der Waals surface area contributed by atoms with Gasteiger partial charge in [0.05, 0.1) is 12.0 Å². The number of nitrogens with one attached hydrogen (secondary N) is 2. The van der Waals surface area contributed by atoms with Crippen LogP contribution in [0.1, 0.15) is 16.8 Å². The minimum absolute atomic E-state index is 0.145. The third-order valence-corrected chi connectivity index (χ3v) is 3.93. The predicted octanol–water partition coefficient (Wildman–Crippen LogP) is 1.60. The summed E-state index contributed by atoms with van der Waals surface area (Å²) < 4.78 is 4.66. The highest BCUT2D eigenvalue weighted by molar-refractivity contribution is 6.00. The van der Waals surface area contributed by atoms with Gasteiger partial charge in [-0.3, -0.25) is 14.4 Å². The number of aliphatic carboxylic acids is 1. The molecule has 152 valence electrons. The number of rotatable bonds is 9. The van der Waals surface area contributed by atoms with E-state index in [9.17, 15) is 24.3 Å². The predicted molar refractivity (Wildman–Crippen MR) is 104 cm³/mol. The number of hydrogen-bond donors (Lipinski definition) is 4. The van der Waals surface area contributed by atoms with E-state index in [0.717, 1.165) is 0 Å². The number of carbonyl (C=O) groups is 4. The third kappa shape index (κ3) is 6.15. The molecule has 0 unspecified atom stereocenters. The first-order valence-electron chi connectivity index (χ1n) is 8.55. The number of carbonyl (C=O) groups excluding carboxylic acids is 2. The van der Waals surface area contributed by atoms with E-state index in [1.54, 1.807) is 42.5 Å². The van der Waals surface area contributed by atoms with Crippen molar-refractivity contribution < 1.29 is 34.1 Å². The molecule has 9 nitrogen and oxygen atoms in total. The zero-order valence-electron chi connectivity index (χ0n) is 15.5. The number of methoxy groups -OCH3 is 1. The van der Waals surface area contributed by atoms with Crippen molar-refractivity contribution in [2.45, 2.75) is 12.5 Å². The van der Waals surface area contributed by atoms with Crippen molar-refractivity contribution in [2.24, 2.45) is 0 Å². The van der Waals surface area contributed by atoms with E-state index < -0.39 is 36.2 Å². The molecule has 0 heterocycles. The SMILES string of the molecule is COCC(=O)N[C@@H](CC(=O)O)C(=O)Nc1ccc(-c2ccccc2C(=O)O)cc1. The summed E-state index contributed by atoms with van der Waals surface area (Å²) in [6.07, 6.45) is -0.592. The summed E-state index contributed by atoms with van der Waals surface area (Å²) in [7, 11) is 1.30. The summed E-state index contributed by atoms with van der Waals surface area (Å²) >= 11 is 0. The first-order valence-corrected chi connectivity index (χ1v) is 8.55. The van der Waals surface area contributed by atoms with Crippen LogP contribution in [0.5, 0.6) is 0 Å². The topological polar surface area (TPSA) is 142 Å². The van der Waals surface area contributed by atoms with Crippen LogP contribution in [-0.4, -0.2) is 53.7 Å². The van der Waals surface area contributed by atoms with Crippen molar-refractivity contribution in [3.05, 3.63) is 54.1 Å². The largest absolute Gasteiger partial charge is 0.481 e. The molecule has 9 heteroatoms. The van der Waals surface area contributed by atoms with Gasteiger partial charge in [-0.1, -0.05) is 30.3 Å². The smallest absolute Gasteiger partial charge is 0.336 e. The summed E-state index contributed by atoms with van der Waals surface area (Å²) in [5.74, 6) is -3.62. The summed E-state index contributed by atoms with van der Waals surface area (Å²) in [6.45, 7) is -0.304. The second kappa shape index (κ2) is 10.00. The van der Waals surface area contributed by atoms with Crippen LogP contribution in [0.15, 0.2) is 48.5 Å². The number of carboxylic acid groups (broad SMARTS) is 2. The van der Waals surface area contributed by atoms with Crippen LogP contribution >= 0.6 is 0 Å². The highest BCUT2D eigenvalue weighted by Gasteiger charge is 2.24. The summed E-state index contributed by atoms with van der Waals surface area (Å²) in [5, 5.41) is 23.1. The maximum Gasteiger partial charge on any atom is 0.336 e. The van der Waals surface area contributed by atoms with Gasteiger partial charge in [-0.05, 0) is 29.3 Å². The van der Waals surface area contributed by atoms with Gasteiger partial charge >= 0.3 is 11.9 Å². The molecule has 0 radical (unpaired) electrons.